The molecule has 0 saturated carbocycles. The van der Waals surface area contributed by atoms with Crippen LogP contribution in [-0.4, -0.2) is 42.8 Å². The molecule has 132 valence electrons. The highest BCUT2D eigenvalue weighted by Gasteiger charge is 2.21. The van der Waals surface area contributed by atoms with E-state index in [0.717, 1.165) is 25.1 Å². The number of benzene rings is 1. The summed E-state index contributed by atoms with van der Waals surface area (Å²) in [5.41, 5.74) is 2.11. The molecule has 0 unspecified atom stereocenters. The average Bonchev–Trinajstić information content (AvgIpc) is 3.15. The summed E-state index contributed by atoms with van der Waals surface area (Å²) in [6.07, 6.45) is 2.98. The Kier molecular flexibility index (Phi) is 6.89. The van der Waals surface area contributed by atoms with Gasteiger partial charge in [-0.1, -0.05) is 12.1 Å². The second kappa shape index (κ2) is 9.13. The smallest absolute Gasteiger partial charge is 0.253 e. The van der Waals surface area contributed by atoms with Gasteiger partial charge in [0.2, 0.25) is 0 Å². The third-order valence-electron chi connectivity index (χ3n) is 4.22. The van der Waals surface area contributed by atoms with Crippen LogP contribution in [0.25, 0.3) is 0 Å². The SMILES string of the molecule is C[C@H](OC[C@@H]1CCCCO1)C(=O)Nc1cccc(C2SCCS2)c1. The van der Waals surface area contributed by atoms with E-state index in [2.05, 4.69) is 17.4 Å². The Hall–Kier alpha value is -0.690. The quantitative estimate of drug-likeness (QED) is 0.821. The van der Waals surface area contributed by atoms with Gasteiger partial charge < -0.3 is 14.8 Å². The molecule has 1 aromatic rings. The predicted octanol–water partition coefficient (Wildman–Crippen LogP) is 4.08. The molecule has 0 radical (unpaired) electrons. The number of amides is 1. The van der Waals surface area contributed by atoms with Gasteiger partial charge in [0.25, 0.3) is 5.91 Å². The molecule has 3 rings (SSSR count). The van der Waals surface area contributed by atoms with E-state index in [4.69, 9.17) is 9.47 Å². The first-order chi connectivity index (χ1) is 11.7. The Morgan fingerprint density at radius 2 is 2.21 bits per heavy atom. The molecule has 2 atom stereocenters. The summed E-state index contributed by atoms with van der Waals surface area (Å²) in [6.45, 7) is 3.09. The van der Waals surface area contributed by atoms with Crippen molar-refractivity contribution < 1.29 is 14.3 Å². The average molecular weight is 368 g/mol. The molecule has 0 spiro atoms. The number of thioether (sulfide) groups is 2. The Morgan fingerprint density at radius 3 is 2.96 bits per heavy atom. The van der Waals surface area contributed by atoms with Gasteiger partial charge >= 0.3 is 0 Å². The van der Waals surface area contributed by atoms with Crippen LogP contribution in [0, 0.1) is 0 Å². The Balaban J connectivity index is 1.49. The van der Waals surface area contributed by atoms with E-state index in [1.165, 1.54) is 23.5 Å². The maximum absolute atomic E-state index is 12.3. The van der Waals surface area contributed by atoms with E-state index < -0.39 is 6.10 Å². The van der Waals surface area contributed by atoms with Crippen molar-refractivity contribution >= 4 is 35.1 Å². The highest BCUT2D eigenvalue weighted by atomic mass is 32.2. The Morgan fingerprint density at radius 1 is 1.38 bits per heavy atom. The normalized spacial score (nSPS) is 23.1. The maximum atomic E-state index is 12.3. The molecule has 1 N–H and O–H groups in total. The molecule has 2 saturated heterocycles. The van der Waals surface area contributed by atoms with Gasteiger partial charge in [0.1, 0.15) is 6.10 Å². The Bertz CT molecular complexity index is 543. The molecular formula is C18H25NO3S2. The molecule has 24 heavy (non-hydrogen) atoms. The highest BCUT2D eigenvalue weighted by molar-refractivity contribution is 8.19. The fourth-order valence-corrected chi connectivity index (χ4v) is 5.66. The lowest BCUT2D eigenvalue weighted by Crippen LogP contribution is -2.32. The third-order valence-corrected chi connectivity index (χ3v) is 7.33. The van der Waals surface area contributed by atoms with Gasteiger partial charge in [-0.15, -0.1) is 23.5 Å². The maximum Gasteiger partial charge on any atom is 0.253 e. The summed E-state index contributed by atoms with van der Waals surface area (Å²) in [5.74, 6) is 2.29. The van der Waals surface area contributed by atoms with E-state index in [9.17, 15) is 4.79 Å². The number of rotatable bonds is 6. The standard InChI is InChI=1S/C18H25NO3S2/c1-13(22-12-16-7-2-3-8-21-16)17(20)19-15-6-4-5-14(11-15)18-23-9-10-24-18/h4-6,11,13,16,18H,2-3,7-10,12H2,1H3,(H,19,20)/t13-,16-/m0/s1. The van der Waals surface area contributed by atoms with Crippen LogP contribution in [0.4, 0.5) is 5.69 Å². The molecular weight excluding hydrogens is 342 g/mol. The second-order valence-corrected chi connectivity index (χ2v) is 8.88. The molecule has 0 bridgehead atoms. The van der Waals surface area contributed by atoms with Crippen molar-refractivity contribution in [1.29, 1.82) is 0 Å². The molecule has 0 aromatic heterocycles. The lowest BCUT2D eigenvalue weighted by Gasteiger charge is -2.24. The van der Waals surface area contributed by atoms with Gasteiger partial charge in [-0.3, -0.25) is 4.79 Å². The fourth-order valence-electron chi connectivity index (χ4n) is 2.82. The zero-order valence-corrected chi connectivity index (χ0v) is 15.7. The summed E-state index contributed by atoms with van der Waals surface area (Å²) in [4.78, 5) is 12.3. The number of nitrogens with one attached hydrogen (secondary N) is 1. The largest absolute Gasteiger partial charge is 0.376 e. The molecule has 2 fully saturated rings. The second-order valence-electron chi connectivity index (χ2n) is 6.15. The van der Waals surface area contributed by atoms with E-state index in [-0.39, 0.29) is 12.0 Å². The highest BCUT2D eigenvalue weighted by Crippen LogP contribution is 2.45. The third kappa shape index (κ3) is 5.15. The summed E-state index contributed by atoms with van der Waals surface area (Å²) in [5, 5.41) is 2.97. The molecule has 6 heteroatoms. The van der Waals surface area contributed by atoms with E-state index in [1.54, 1.807) is 6.92 Å². The first-order valence-electron chi connectivity index (χ1n) is 8.59. The molecule has 1 amide bonds. The minimum atomic E-state index is -0.477. The van der Waals surface area contributed by atoms with Gasteiger partial charge in [0.15, 0.2) is 0 Å². The van der Waals surface area contributed by atoms with Crippen molar-refractivity contribution in [2.24, 2.45) is 0 Å². The lowest BCUT2D eigenvalue weighted by molar-refractivity contribution is -0.130. The first kappa shape index (κ1) is 18.1. The number of hydrogen-bond acceptors (Lipinski definition) is 5. The summed E-state index contributed by atoms with van der Waals surface area (Å²) in [6, 6.07) is 8.14. The number of carbonyl (C=O) groups is 1. The van der Waals surface area contributed by atoms with Crippen molar-refractivity contribution in [3.8, 4) is 0 Å². The molecule has 1 aromatic carbocycles. The van der Waals surface area contributed by atoms with E-state index in [1.807, 2.05) is 35.7 Å². The fraction of sp³-hybridized carbons (Fsp3) is 0.611. The minimum absolute atomic E-state index is 0.102. The predicted molar refractivity (Wildman–Crippen MR) is 102 cm³/mol. The van der Waals surface area contributed by atoms with Crippen LogP contribution < -0.4 is 5.32 Å². The van der Waals surface area contributed by atoms with Crippen LogP contribution in [0.2, 0.25) is 0 Å². The molecule has 2 aliphatic heterocycles. The lowest BCUT2D eigenvalue weighted by atomic mass is 10.1. The van der Waals surface area contributed by atoms with Gasteiger partial charge in [-0.2, -0.15) is 0 Å². The van der Waals surface area contributed by atoms with Crippen molar-refractivity contribution in [2.45, 2.75) is 43.0 Å². The van der Waals surface area contributed by atoms with E-state index >= 15 is 0 Å². The van der Waals surface area contributed by atoms with Crippen LogP contribution >= 0.6 is 23.5 Å². The van der Waals surface area contributed by atoms with Crippen LogP contribution in [0.5, 0.6) is 0 Å². The van der Waals surface area contributed by atoms with Gasteiger partial charge in [0.05, 0.1) is 17.3 Å². The van der Waals surface area contributed by atoms with Crippen LogP contribution in [0.3, 0.4) is 0 Å². The van der Waals surface area contributed by atoms with Crippen LogP contribution in [-0.2, 0) is 14.3 Å². The van der Waals surface area contributed by atoms with Gasteiger partial charge in [-0.05, 0) is 43.9 Å². The van der Waals surface area contributed by atoms with Crippen molar-refractivity contribution in [2.75, 3.05) is 30.0 Å². The number of ether oxygens (including phenoxy) is 2. The number of anilines is 1. The van der Waals surface area contributed by atoms with Crippen molar-refractivity contribution in [3.05, 3.63) is 29.8 Å². The molecule has 4 nitrogen and oxygen atoms in total. The van der Waals surface area contributed by atoms with E-state index in [0.29, 0.717) is 11.2 Å². The van der Waals surface area contributed by atoms with Crippen molar-refractivity contribution in [3.63, 3.8) is 0 Å². The van der Waals surface area contributed by atoms with Crippen LogP contribution in [0.15, 0.2) is 24.3 Å². The zero-order chi connectivity index (χ0) is 16.8. The molecule has 2 heterocycles. The zero-order valence-electron chi connectivity index (χ0n) is 14.0. The topological polar surface area (TPSA) is 47.6 Å². The summed E-state index contributed by atoms with van der Waals surface area (Å²) < 4.78 is 11.8. The number of hydrogen-bond donors (Lipinski definition) is 1. The molecule has 0 aliphatic carbocycles. The monoisotopic (exact) mass is 367 g/mol. The van der Waals surface area contributed by atoms with Crippen molar-refractivity contribution in [1.82, 2.24) is 0 Å². The Labute approximate surface area is 152 Å². The number of carbonyl (C=O) groups excluding carboxylic acids is 1. The minimum Gasteiger partial charge on any atom is -0.376 e. The van der Waals surface area contributed by atoms with Gasteiger partial charge in [-0.25, -0.2) is 0 Å². The molecule has 2 aliphatic rings. The van der Waals surface area contributed by atoms with Crippen LogP contribution in [0.1, 0.15) is 36.3 Å². The summed E-state index contributed by atoms with van der Waals surface area (Å²) in [7, 11) is 0. The summed E-state index contributed by atoms with van der Waals surface area (Å²) >= 11 is 3.93. The van der Waals surface area contributed by atoms with Gasteiger partial charge in [0, 0.05) is 23.8 Å². The first-order valence-corrected chi connectivity index (χ1v) is 10.7.